The Hall–Kier alpha value is -2.68. The molecule has 0 saturated carbocycles. The summed E-state index contributed by atoms with van der Waals surface area (Å²) in [5.74, 6) is 0.788. The second-order valence-corrected chi connectivity index (χ2v) is 11.0. The van der Waals surface area contributed by atoms with E-state index in [-0.39, 0.29) is 17.3 Å². The zero-order valence-corrected chi connectivity index (χ0v) is 21.4. The number of sulfonamides is 1. The van der Waals surface area contributed by atoms with Crippen molar-refractivity contribution in [1.29, 1.82) is 0 Å². The standard InChI is InChI=1S/C25H27ClN2O4S2/c1-19-9-14-24(32-2)23(17-19)28(34(30,31)22-7-4-3-5-8-22)18-25(29)27-15-6-16-33-21-12-10-20(26)11-13-21/h3-5,7-14,17H,6,15-16,18H2,1-2H3,(H,27,29). The number of hydrogen-bond donors (Lipinski definition) is 1. The number of carbonyl (C=O) groups excluding carboxylic acids is 1. The van der Waals surface area contributed by atoms with E-state index >= 15 is 0 Å². The molecule has 0 aliphatic rings. The van der Waals surface area contributed by atoms with Gasteiger partial charge < -0.3 is 10.1 Å². The molecule has 0 atom stereocenters. The quantitative estimate of drug-likeness (QED) is 0.280. The molecular formula is C25H27ClN2O4S2. The molecule has 0 heterocycles. The number of nitrogens with one attached hydrogen (secondary N) is 1. The molecule has 0 saturated heterocycles. The van der Waals surface area contributed by atoms with Crippen LogP contribution in [0.4, 0.5) is 5.69 Å². The summed E-state index contributed by atoms with van der Waals surface area (Å²) in [5.41, 5.74) is 1.17. The Bertz CT molecular complexity index is 1200. The fourth-order valence-electron chi connectivity index (χ4n) is 3.22. The van der Waals surface area contributed by atoms with Gasteiger partial charge in [0.05, 0.1) is 17.7 Å². The van der Waals surface area contributed by atoms with Crippen molar-refractivity contribution in [2.24, 2.45) is 0 Å². The third kappa shape index (κ3) is 6.91. The minimum Gasteiger partial charge on any atom is -0.495 e. The number of carbonyl (C=O) groups is 1. The molecule has 3 aromatic rings. The van der Waals surface area contributed by atoms with Crippen LogP contribution >= 0.6 is 23.4 Å². The third-order valence-corrected chi connectivity index (χ3v) is 8.07. The number of ether oxygens (including phenoxy) is 1. The van der Waals surface area contributed by atoms with Crippen LogP contribution < -0.4 is 14.4 Å². The van der Waals surface area contributed by atoms with Gasteiger partial charge >= 0.3 is 0 Å². The molecule has 0 aliphatic carbocycles. The van der Waals surface area contributed by atoms with Crippen molar-refractivity contribution in [3.05, 3.63) is 83.4 Å². The Morgan fingerprint density at radius 3 is 2.44 bits per heavy atom. The molecule has 34 heavy (non-hydrogen) atoms. The van der Waals surface area contributed by atoms with Crippen LogP contribution in [0.15, 0.2) is 82.6 Å². The van der Waals surface area contributed by atoms with Crippen LogP contribution in [0.5, 0.6) is 5.75 Å². The van der Waals surface area contributed by atoms with Crippen LogP contribution in [0, 0.1) is 6.92 Å². The maximum atomic E-state index is 13.5. The third-order valence-electron chi connectivity index (χ3n) is 4.95. The first-order valence-electron chi connectivity index (χ1n) is 10.7. The number of rotatable bonds is 11. The first kappa shape index (κ1) is 25.9. The summed E-state index contributed by atoms with van der Waals surface area (Å²) in [7, 11) is -2.52. The van der Waals surface area contributed by atoms with Gasteiger partial charge in [-0.05, 0) is 73.2 Å². The molecule has 9 heteroatoms. The van der Waals surface area contributed by atoms with Gasteiger partial charge in [-0.2, -0.15) is 0 Å². The van der Waals surface area contributed by atoms with E-state index in [1.54, 1.807) is 42.1 Å². The topological polar surface area (TPSA) is 75.7 Å². The molecule has 6 nitrogen and oxygen atoms in total. The summed E-state index contributed by atoms with van der Waals surface area (Å²) in [6, 6.07) is 20.9. The van der Waals surface area contributed by atoms with Gasteiger partial charge in [0.2, 0.25) is 5.91 Å². The van der Waals surface area contributed by atoms with Crippen molar-refractivity contribution < 1.29 is 17.9 Å². The van der Waals surface area contributed by atoms with Gasteiger partial charge in [-0.1, -0.05) is 35.9 Å². The van der Waals surface area contributed by atoms with Crippen LogP contribution in [0.2, 0.25) is 5.02 Å². The lowest BCUT2D eigenvalue weighted by Gasteiger charge is -2.26. The predicted molar refractivity (Wildman–Crippen MR) is 139 cm³/mol. The molecular weight excluding hydrogens is 492 g/mol. The monoisotopic (exact) mass is 518 g/mol. The van der Waals surface area contributed by atoms with E-state index in [0.29, 0.717) is 23.0 Å². The van der Waals surface area contributed by atoms with Gasteiger partial charge in [-0.15, -0.1) is 11.8 Å². The highest BCUT2D eigenvalue weighted by molar-refractivity contribution is 7.99. The SMILES string of the molecule is COc1ccc(C)cc1N(CC(=O)NCCCSc1ccc(Cl)cc1)S(=O)(=O)c1ccccc1. The van der Waals surface area contributed by atoms with Crippen LogP contribution in [-0.2, 0) is 14.8 Å². The van der Waals surface area contributed by atoms with Crippen molar-refractivity contribution in [2.45, 2.75) is 23.1 Å². The molecule has 1 amide bonds. The zero-order valence-electron chi connectivity index (χ0n) is 19.0. The highest BCUT2D eigenvalue weighted by atomic mass is 35.5. The average molecular weight is 519 g/mol. The first-order chi connectivity index (χ1) is 16.3. The fraction of sp³-hybridized carbons (Fsp3) is 0.240. The van der Waals surface area contributed by atoms with E-state index in [1.807, 2.05) is 37.3 Å². The van der Waals surface area contributed by atoms with Crippen molar-refractivity contribution in [3.8, 4) is 5.75 Å². The van der Waals surface area contributed by atoms with Crippen LogP contribution in [0.25, 0.3) is 0 Å². The van der Waals surface area contributed by atoms with E-state index in [9.17, 15) is 13.2 Å². The van der Waals surface area contributed by atoms with E-state index in [1.165, 1.54) is 19.2 Å². The Morgan fingerprint density at radius 2 is 1.76 bits per heavy atom. The molecule has 3 rings (SSSR count). The maximum Gasteiger partial charge on any atom is 0.264 e. The Balaban J connectivity index is 1.70. The molecule has 1 N–H and O–H groups in total. The smallest absolute Gasteiger partial charge is 0.264 e. The van der Waals surface area contributed by atoms with E-state index in [4.69, 9.17) is 16.3 Å². The number of halogens is 1. The number of thioether (sulfide) groups is 1. The molecule has 180 valence electrons. The summed E-state index contributed by atoms with van der Waals surface area (Å²) in [6.07, 6.45) is 0.734. The molecule has 0 radical (unpaired) electrons. The summed E-state index contributed by atoms with van der Waals surface area (Å²) in [6.45, 7) is 1.93. The van der Waals surface area contributed by atoms with Crippen molar-refractivity contribution in [3.63, 3.8) is 0 Å². The number of anilines is 1. The number of nitrogens with zero attached hydrogens (tertiary/aromatic N) is 1. The number of benzene rings is 3. The summed E-state index contributed by atoms with van der Waals surface area (Å²) < 4.78 is 33.5. The molecule has 0 fully saturated rings. The molecule has 0 aromatic heterocycles. The minimum atomic E-state index is -4.00. The summed E-state index contributed by atoms with van der Waals surface area (Å²) >= 11 is 7.57. The number of aryl methyl sites for hydroxylation is 1. The highest BCUT2D eigenvalue weighted by Gasteiger charge is 2.29. The van der Waals surface area contributed by atoms with Gasteiger partial charge in [-0.3, -0.25) is 9.10 Å². The van der Waals surface area contributed by atoms with Gasteiger partial charge in [-0.25, -0.2) is 8.42 Å². The molecule has 0 spiro atoms. The first-order valence-corrected chi connectivity index (χ1v) is 13.5. The van der Waals surface area contributed by atoms with E-state index in [2.05, 4.69) is 5.32 Å². The highest BCUT2D eigenvalue weighted by Crippen LogP contribution is 2.33. The lowest BCUT2D eigenvalue weighted by Crippen LogP contribution is -2.41. The summed E-state index contributed by atoms with van der Waals surface area (Å²) in [4.78, 5) is 14.0. The van der Waals surface area contributed by atoms with Gasteiger partial charge in [0.15, 0.2) is 0 Å². The number of amides is 1. The second kappa shape index (κ2) is 12.1. The van der Waals surface area contributed by atoms with E-state index in [0.717, 1.165) is 26.9 Å². The molecule has 3 aromatic carbocycles. The van der Waals surface area contributed by atoms with Gasteiger partial charge in [0.25, 0.3) is 10.0 Å². The predicted octanol–water partition coefficient (Wildman–Crippen LogP) is 5.15. The Kier molecular flexibility index (Phi) is 9.27. The number of methoxy groups -OCH3 is 1. The Morgan fingerprint density at radius 1 is 1.06 bits per heavy atom. The zero-order chi connectivity index (χ0) is 24.6. The van der Waals surface area contributed by atoms with Crippen molar-refractivity contribution >= 4 is 45.0 Å². The summed E-state index contributed by atoms with van der Waals surface area (Å²) in [5, 5.41) is 3.53. The normalized spacial score (nSPS) is 11.1. The molecule has 0 unspecified atom stereocenters. The van der Waals surface area contributed by atoms with Gasteiger partial charge in [0, 0.05) is 16.5 Å². The molecule has 0 aliphatic heterocycles. The van der Waals surface area contributed by atoms with Crippen LogP contribution in [0.1, 0.15) is 12.0 Å². The maximum absolute atomic E-state index is 13.5. The van der Waals surface area contributed by atoms with Crippen LogP contribution in [-0.4, -0.2) is 40.3 Å². The fourth-order valence-corrected chi connectivity index (χ4v) is 5.64. The minimum absolute atomic E-state index is 0.103. The lowest BCUT2D eigenvalue weighted by molar-refractivity contribution is -0.119. The average Bonchev–Trinajstić information content (AvgIpc) is 2.84. The second-order valence-electron chi connectivity index (χ2n) is 7.51. The number of hydrogen-bond acceptors (Lipinski definition) is 5. The Labute approximate surface area is 210 Å². The van der Waals surface area contributed by atoms with E-state index < -0.39 is 10.0 Å². The van der Waals surface area contributed by atoms with Crippen molar-refractivity contribution in [2.75, 3.05) is 30.3 Å². The van der Waals surface area contributed by atoms with Crippen molar-refractivity contribution in [1.82, 2.24) is 5.32 Å². The largest absolute Gasteiger partial charge is 0.495 e. The van der Waals surface area contributed by atoms with Gasteiger partial charge in [0.1, 0.15) is 12.3 Å². The van der Waals surface area contributed by atoms with Crippen LogP contribution in [0.3, 0.4) is 0 Å². The lowest BCUT2D eigenvalue weighted by atomic mass is 10.2. The molecule has 0 bridgehead atoms.